The Morgan fingerprint density at radius 2 is 1.82 bits per heavy atom. The number of nitrogens with one attached hydrogen (secondary N) is 2. The predicted molar refractivity (Wildman–Crippen MR) is 66.8 cm³/mol. The number of aromatic nitrogens is 3. The fourth-order valence-corrected chi connectivity index (χ4v) is 1.14. The van der Waals surface area contributed by atoms with Crippen molar-refractivity contribution in [3.63, 3.8) is 0 Å². The number of anilines is 2. The van der Waals surface area contributed by atoms with Crippen LogP contribution in [-0.2, 0) is 0 Å². The third kappa shape index (κ3) is 4.81. The van der Waals surface area contributed by atoms with Crippen molar-refractivity contribution >= 4 is 11.9 Å². The van der Waals surface area contributed by atoms with Crippen molar-refractivity contribution in [1.82, 2.24) is 15.0 Å². The maximum atomic E-state index is 5.25. The van der Waals surface area contributed by atoms with Crippen molar-refractivity contribution in [2.24, 2.45) is 11.3 Å². The molecule has 0 fully saturated rings. The van der Waals surface area contributed by atoms with Crippen molar-refractivity contribution in [3.8, 4) is 6.01 Å². The molecule has 0 radical (unpaired) electrons. The molecule has 0 saturated carbocycles. The zero-order chi connectivity index (χ0) is 12.9. The predicted octanol–water partition coefficient (Wildman–Crippen LogP) is 1.01. The summed E-state index contributed by atoms with van der Waals surface area (Å²) in [5.41, 5.74) is 2.63. The normalized spacial score (nSPS) is 11.1. The lowest BCUT2D eigenvalue weighted by Crippen LogP contribution is -2.17. The molecular formula is C10H20N6O. The van der Waals surface area contributed by atoms with Crippen LogP contribution in [0.3, 0.4) is 0 Å². The van der Waals surface area contributed by atoms with E-state index in [4.69, 9.17) is 10.6 Å². The molecule has 1 aromatic rings. The third-order valence-corrected chi connectivity index (χ3v) is 2.08. The topological polar surface area (TPSA) is 98.0 Å². The highest BCUT2D eigenvalue weighted by molar-refractivity contribution is 5.34. The van der Waals surface area contributed by atoms with Gasteiger partial charge in [0.25, 0.3) is 0 Å². The molecule has 0 aliphatic rings. The van der Waals surface area contributed by atoms with Crippen LogP contribution in [-0.4, -0.2) is 28.6 Å². The molecule has 7 heteroatoms. The van der Waals surface area contributed by atoms with Gasteiger partial charge in [-0.2, -0.15) is 15.0 Å². The van der Waals surface area contributed by atoms with Gasteiger partial charge in [-0.05, 0) is 11.8 Å². The standard InChI is InChI=1S/C10H20N6O/c1-10(2,3)5-6-12-7-13-8(16-11)15-9(14-7)17-4/h5-6,11H2,1-4H3,(H2,12,13,14,15,16). The Morgan fingerprint density at radius 1 is 1.18 bits per heavy atom. The van der Waals surface area contributed by atoms with Crippen LogP contribution in [0.15, 0.2) is 0 Å². The quantitative estimate of drug-likeness (QED) is 0.522. The molecule has 0 spiro atoms. The fourth-order valence-electron chi connectivity index (χ4n) is 1.14. The molecule has 0 bridgehead atoms. The fraction of sp³-hybridized carbons (Fsp3) is 0.700. The van der Waals surface area contributed by atoms with Crippen molar-refractivity contribution in [2.45, 2.75) is 27.2 Å². The Bertz CT molecular complexity index is 340. The smallest absolute Gasteiger partial charge is 0.322 e. The lowest BCUT2D eigenvalue weighted by molar-refractivity contribution is 0.378. The molecule has 96 valence electrons. The monoisotopic (exact) mass is 240 g/mol. The summed E-state index contributed by atoms with van der Waals surface area (Å²) in [5, 5.41) is 3.11. The molecule has 0 atom stereocenters. The van der Waals surface area contributed by atoms with Gasteiger partial charge in [-0.1, -0.05) is 20.8 Å². The Morgan fingerprint density at radius 3 is 2.35 bits per heavy atom. The SMILES string of the molecule is COc1nc(NN)nc(NCCC(C)(C)C)n1. The first-order chi connectivity index (χ1) is 7.94. The molecule has 0 unspecified atom stereocenters. The molecule has 0 aliphatic heterocycles. The highest BCUT2D eigenvalue weighted by Crippen LogP contribution is 2.18. The summed E-state index contributed by atoms with van der Waals surface area (Å²) in [6.45, 7) is 7.31. The molecule has 0 aromatic carbocycles. The number of hydrogen-bond donors (Lipinski definition) is 3. The number of hydrazine groups is 1. The highest BCUT2D eigenvalue weighted by atomic mass is 16.5. The van der Waals surface area contributed by atoms with Crippen LogP contribution in [0.2, 0.25) is 0 Å². The summed E-state index contributed by atoms with van der Waals surface area (Å²) in [7, 11) is 1.49. The summed E-state index contributed by atoms with van der Waals surface area (Å²) in [6.07, 6.45) is 1.01. The zero-order valence-electron chi connectivity index (χ0n) is 10.7. The van der Waals surface area contributed by atoms with E-state index in [1.165, 1.54) is 7.11 Å². The summed E-state index contributed by atoms with van der Waals surface area (Å²) in [5.74, 6) is 5.98. The van der Waals surface area contributed by atoms with E-state index in [0.717, 1.165) is 13.0 Å². The van der Waals surface area contributed by atoms with Crippen molar-refractivity contribution in [1.29, 1.82) is 0 Å². The molecule has 1 aromatic heterocycles. The number of methoxy groups -OCH3 is 1. The summed E-state index contributed by atoms with van der Waals surface area (Å²) >= 11 is 0. The molecular weight excluding hydrogens is 220 g/mol. The maximum absolute atomic E-state index is 5.25. The van der Waals surface area contributed by atoms with Crippen LogP contribution in [0.1, 0.15) is 27.2 Å². The number of nitrogens with two attached hydrogens (primary N) is 1. The van der Waals surface area contributed by atoms with E-state index >= 15 is 0 Å². The van der Waals surface area contributed by atoms with Gasteiger partial charge in [0.15, 0.2) is 0 Å². The molecule has 0 amide bonds. The van der Waals surface area contributed by atoms with Crippen molar-refractivity contribution in [3.05, 3.63) is 0 Å². The lowest BCUT2D eigenvalue weighted by Gasteiger charge is -2.18. The van der Waals surface area contributed by atoms with Gasteiger partial charge in [-0.3, -0.25) is 5.43 Å². The summed E-state index contributed by atoms with van der Waals surface area (Å²) in [4.78, 5) is 12.0. The molecule has 1 rings (SSSR count). The van der Waals surface area contributed by atoms with Crippen LogP contribution in [0, 0.1) is 5.41 Å². The van der Waals surface area contributed by atoms with Crippen molar-refractivity contribution in [2.75, 3.05) is 24.4 Å². The molecule has 0 aliphatic carbocycles. The lowest BCUT2D eigenvalue weighted by atomic mass is 9.92. The third-order valence-electron chi connectivity index (χ3n) is 2.08. The zero-order valence-corrected chi connectivity index (χ0v) is 10.7. The van der Waals surface area contributed by atoms with E-state index in [1.807, 2.05) is 0 Å². The van der Waals surface area contributed by atoms with Gasteiger partial charge in [0.1, 0.15) is 0 Å². The van der Waals surface area contributed by atoms with Crippen molar-refractivity contribution < 1.29 is 4.74 Å². The average Bonchev–Trinajstić information content (AvgIpc) is 2.26. The number of ether oxygens (including phenoxy) is 1. The first-order valence-corrected chi connectivity index (χ1v) is 5.45. The first-order valence-electron chi connectivity index (χ1n) is 5.45. The molecule has 0 saturated heterocycles. The van der Waals surface area contributed by atoms with Gasteiger partial charge >= 0.3 is 6.01 Å². The van der Waals surface area contributed by atoms with Crippen LogP contribution in [0.4, 0.5) is 11.9 Å². The highest BCUT2D eigenvalue weighted by Gasteiger charge is 2.10. The Labute approximate surface area is 101 Å². The Balaban J connectivity index is 2.64. The summed E-state index contributed by atoms with van der Waals surface area (Å²) < 4.78 is 4.95. The average molecular weight is 240 g/mol. The second-order valence-corrected chi connectivity index (χ2v) is 4.85. The number of nitrogens with zero attached hydrogens (tertiary/aromatic N) is 3. The first kappa shape index (κ1) is 13.4. The van der Waals surface area contributed by atoms with E-state index in [-0.39, 0.29) is 17.4 Å². The van der Waals surface area contributed by atoms with Crippen LogP contribution >= 0.6 is 0 Å². The second-order valence-electron chi connectivity index (χ2n) is 4.85. The minimum Gasteiger partial charge on any atom is -0.467 e. The van der Waals surface area contributed by atoms with Gasteiger partial charge in [-0.25, -0.2) is 5.84 Å². The minimum absolute atomic E-state index is 0.228. The van der Waals surface area contributed by atoms with Crippen LogP contribution in [0.25, 0.3) is 0 Å². The van der Waals surface area contributed by atoms with Crippen LogP contribution in [0.5, 0.6) is 6.01 Å². The van der Waals surface area contributed by atoms with E-state index in [9.17, 15) is 0 Å². The van der Waals surface area contributed by atoms with Crippen LogP contribution < -0.4 is 21.3 Å². The van der Waals surface area contributed by atoms with Gasteiger partial charge < -0.3 is 10.1 Å². The largest absolute Gasteiger partial charge is 0.467 e. The van der Waals surface area contributed by atoms with E-state index in [2.05, 4.69) is 46.5 Å². The molecule has 4 N–H and O–H groups in total. The molecule has 7 nitrogen and oxygen atoms in total. The molecule has 1 heterocycles. The molecule has 17 heavy (non-hydrogen) atoms. The van der Waals surface area contributed by atoms with Gasteiger partial charge in [0.2, 0.25) is 11.9 Å². The number of rotatable bonds is 5. The van der Waals surface area contributed by atoms with E-state index in [1.54, 1.807) is 0 Å². The maximum Gasteiger partial charge on any atom is 0.322 e. The Kier molecular flexibility index (Phi) is 4.45. The number of hydrogen-bond acceptors (Lipinski definition) is 7. The van der Waals surface area contributed by atoms with Gasteiger partial charge in [-0.15, -0.1) is 0 Å². The summed E-state index contributed by atoms with van der Waals surface area (Å²) in [6, 6.07) is 0.228. The second kappa shape index (κ2) is 5.62. The van der Waals surface area contributed by atoms with E-state index < -0.39 is 0 Å². The minimum atomic E-state index is 0.228. The van der Waals surface area contributed by atoms with Gasteiger partial charge in [0.05, 0.1) is 7.11 Å². The Hall–Kier alpha value is -1.63. The van der Waals surface area contributed by atoms with E-state index in [0.29, 0.717) is 5.95 Å². The van der Waals surface area contributed by atoms with Gasteiger partial charge in [0, 0.05) is 6.54 Å². The number of nitrogen functional groups attached to an aromatic ring is 1.